The number of hydrazone groups is 1. The number of benzene rings is 1. The van der Waals surface area contributed by atoms with E-state index in [4.69, 9.17) is 0 Å². The highest BCUT2D eigenvalue weighted by molar-refractivity contribution is 6.06. The maximum absolute atomic E-state index is 12.0. The third-order valence-corrected chi connectivity index (χ3v) is 3.28. The van der Waals surface area contributed by atoms with Crippen molar-refractivity contribution in [2.24, 2.45) is 5.10 Å². The highest BCUT2D eigenvalue weighted by Gasteiger charge is 2.10. The Bertz CT molecular complexity index is 586. The molecule has 1 heterocycles. The van der Waals surface area contributed by atoms with E-state index in [2.05, 4.69) is 22.4 Å². The summed E-state index contributed by atoms with van der Waals surface area (Å²) in [4.78, 5) is 15.1. The van der Waals surface area contributed by atoms with Gasteiger partial charge in [0.15, 0.2) is 0 Å². The van der Waals surface area contributed by atoms with Crippen LogP contribution >= 0.6 is 0 Å². The maximum Gasteiger partial charge on any atom is 0.273 e. The SMILES string of the molecule is CCCCCCC=NNC(=O)c1c[nH]c2ccccc12. The highest BCUT2D eigenvalue weighted by Crippen LogP contribution is 2.17. The Morgan fingerprint density at radius 2 is 2.15 bits per heavy atom. The minimum Gasteiger partial charge on any atom is -0.360 e. The lowest BCUT2D eigenvalue weighted by Crippen LogP contribution is -2.17. The molecule has 1 amide bonds. The van der Waals surface area contributed by atoms with Crippen molar-refractivity contribution in [3.05, 3.63) is 36.0 Å². The van der Waals surface area contributed by atoms with Crippen molar-refractivity contribution in [1.29, 1.82) is 0 Å². The number of para-hydroxylation sites is 1. The standard InChI is InChI=1S/C16H21N3O/c1-2-3-4-5-8-11-18-19-16(20)14-12-17-15-10-7-6-9-13(14)15/h6-7,9-12,17H,2-5,8H2,1H3,(H,19,20). The molecule has 106 valence electrons. The minimum atomic E-state index is -0.174. The fourth-order valence-corrected chi connectivity index (χ4v) is 2.15. The monoisotopic (exact) mass is 271 g/mol. The molecule has 0 bridgehead atoms. The van der Waals surface area contributed by atoms with Gasteiger partial charge in [-0.1, -0.05) is 44.4 Å². The molecule has 0 aliphatic heterocycles. The molecule has 4 nitrogen and oxygen atoms in total. The second kappa shape index (κ2) is 7.48. The first-order valence-corrected chi connectivity index (χ1v) is 7.21. The summed E-state index contributed by atoms with van der Waals surface area (Å²) in [7, 11) is 0. The van der Waals surface area contributed by atoms with Crippen LogP contribution in [0.25, 0.3) is 10.9 Å². The smallest absolute Gasteiger partial charge is 0.273 e. The number of unbranched alkanes of at least 4 members (excludes halogenated alkanes) is 4. The second-order valence-corrected chi connectivity index (χ2v) is 4.85. The summed E-state index contributed by atoms with van der Waals surface area (Å²) < 4.78 is 0. The second-order valence-electron chi connectivity index (χ2n) is 4.85. The summed E-state index contributed by atoms with van der Waals surface area (Å²) in [5.74, 6) is -0.174. The molecule has 0 saturated heterocycles. The Morgan fingerprint density at radius 1 is 1.30 bits per heavy atom. The van der Waals surface area contributed by atoms with Gasteiger partial charge in [-0.2, -0.15) is 5.10 Å². The normalized spacial score (nSPS) is 11.2. The van der Waals surface area contributed by atoms with E-state index >= 15 is 0 Å². The van der Waals surface area contributed by atoms with E-state index in [9.17, 15) is 4.79 Å². The lowest BCUT2D eigenvalue weighted by Gasteiger charge is -1.98. The summed E-state index contributed by atoms with van der Waals surface area (Å²) in [5.41, 5.74) is 4.17. The average Bonchev–Trinajstić information content (AvgIpc) is 2.90. The molecule has 0 unspecified atom stereocenters. The molecule has 1 aromatic carbocycles. The van der Waals surface area contributed by atoms with Crippen LogP contribution in [0.2, 0.25) is 0 Å². The molecule has 2 aromatic rings. The number of hydrogen-bond donors (Lipinski definition) is 2. The molecule has 0 fully saturated rings. The largest absolute Gasteiger partial charge is 0.360 e. The van der Waals surface area contributed by atoms with E-state index in [-0.39, 0.29) is 5.91 Å². The number of hydrogen-bond acceptors (Lipinski definition) is 2. The van der Waals surface area contributed by atoms with Gasteiger partial charge in [-0.15, -0.1) is 0 Å². The number of H-pyrrole nitrogens is 1. The van der Waals surface area contributed by atoms with Crippen LogP contribution < -0.4 is 5.43 Å². The molecular weight excluding hydrogens is 250 g/mol. The number of fused-ring (bicyclic) bond motifs is 1. The minimum absolute atomic E-state index is 0.174. The first kappa shape index (κ1) is 14.3. The molecule has 0 atom stereocenters. The van der Waals surface area contributed by atoms with Gasteiger partial charge in [0, 0.05) is 23.3 Å². The molecule has 20 heavy (non-hydrogen) atoms. The van der Waals surface area contributed by atoms with E-state index in [1.54, 1.807) is 12.4 Å². The molecule has 4 heteroatoms. The molecule has 0 aliphatic rings. The van der Waals surface area contributed by atoms with E-state index in [0.29, 0.717) is 5.56 Å². The Labute approximate surface area is 119 Å². The first-order valence-electron chi connectivity index (χ1n) is 7.21. The maximum atomic E-state index is 12.0. The van der Waals surface area contributed by atoms with Gasteiger partial charge in [0.1, 0.15) is 0 Å². The Morgan fingerprint density at radius 3 is 3.00 bits per heavy atom. The molecule has 0 spiro atoms. The van der Waals surface area contributed by atoms with Gasteiger partial charge in [-0.3, -0.25) is 4.79 Å². The van der Waals surface area contributed by atoms with E-state index in [0.717, 1.165) is 23.7 Å². The van der Waals surface area contributed by atoms with E-state index < -0.39 is 0 Å². The zero-order chi connectivity index (χ0) is 14.2. The molecule has 2 N–H and O–H groups in total. The van der Waals surface area contributed by atoms with Crippen LogP contribution in [0, 0.1) is 0 Å². The van der Waals surface area contributed by atoms with Gasteiger partial charge in [-0.25, -0.2) is 5.43 Å². The van der Waals surface area contributed by atoms with Crippen LogP contribution in [-0.2, 0) is 0 Å². The first-order chi connectivity index (χ1) is 9.83. The lowest BCUT2D eigenvalue weighted by molar-refractivity contribution is 0.0956. The van der Waals surface area contributed by atoms with Gasteiger partial charge in [0.2, 0.25) is 0 Å². The van der Waals surface area contributed by atoms with Crippen LogP contribution in [0.3, 0.4) is 0 Å². The van der Waals surface area contributed by atoms with Gasteiger partial charge in [0.25, 0.3) is 5.91 Å². The van der Waals surface area contributed by atoms with Crippen molar-refractivity contribution in [3.8, 4) is 0 Å². The van der Waals surface area contributed by atoms with Gasteiger partial charge >= 0.3 is 0 Å². The van der Waals surface area contributed by atoms with Crippen molar-refractivity contribution in [2.75, 3.05) is 0 Å². The predicted octanol–water partition coefficient (Wildman–Crippen LogP) is 3.85. The van der Waals surface area contributed by atoms with Gasteiger partial charge < -0.3 is 4.98 Å². The molecule has 2 rings (SSSR count). The van der Waals surface area contributed by atoms with Gasteiger partial charge in [0.05, 0.1) is 5.56 Å². The van der Waals surface area contributed by atoms with E-state index in [1.165, 1.54) is 19.3 Å². The summed E-state index contributed by atoms with van der Waals surface area (Å²) >= 11 is 0. The van der Waals surface area contributed by atoms with Crippen molar-refractivity contribution in [3.63, 3.8) is 0 Å². The summed E-state index contributed by atoms with van der Waals surface area (Å²) in [6.07, 6.45) is 9.25. The van der Waals surface area contributed by atoms with Crippen molar-refractivity contribution < 1.29 is 4.79 Å². The third-order valence-electron chi connectivity index (χ3n) is 3.28. The lowest BCUT2D eigenvalue weighted by atomic mass is 10.2. The Kier molecular flexibility index (Phi) is 5.35. The number of nitrogens with zero attached hydrogens (tertiary/aromatic N) is 1. The summed E-state index contributed by atoms with van der Waals surface area (Å²) in [6, 6.07) is 7.73. The zero-order valence-electron chi connectivity index (χ0n) is 11.9. The van der Waals surface area contributed by atoms with Crippen molar-refractivity contribution >= 4 is 23.0 Å². The average molecular weight is 271 g/mol. The molecule has 0 saturated carbocycles. The van der Waals surface area contributed by atoms with Crippen molar-refractivity contribution in [2.45, 2.75) is 39.0 Å². The summed E-state index contributed by atoms with van der Waals surface area (Å²) in [5, 5.41) is 4.91. The summed E-state index contributed by atoms with van der Waals surface area (Å²) in [6.45, 7) is 2.19. The van der Waals surface area contributed by atoms with Crippen molar-refractivity contribution in [1.82, 2.24) is 10.4 Å². The topological polar surface area (TPSA) is 57.2 Å². The fourth-order valence-electron chi connectivity index (χ4n) is 2.15. The van der Waals surface area contributed by atoms with Crippen LogP contribution in [0.1, 0.15) is 49.4 Å². The van der Waals surface area contributed by atoms with Gasteiger partial charge in [-0.05, 0) is 18.9 Å². The number of amides is 1. The highest BCUT2D eigenvalue weighted by atomic mass is 16.2. The number of nitrogens with one attached hydrogen (secondary N) is 2. The van der Waals surface area contributed by atoms with Crippen LogP contribution in [0.4, 0.5) is 0 Å². The molecule has 0 radical (unpaired) electrons. The van der Waals surface area contributed by atoms with E-state index in [1.807, 2.05) is 24.3 Å². The number of rotatable bonds is 7. The third kappa shape index (κ3) is 3.70. The number of carbonyl (C=O) groups excluding carboxylic acids is 1. The molecule has 0 aliphatic carbocycles. The Hall–Kier alpha value is -2.10. The van der Waals surface area contributed by atoms with Crippen LogP contribution in [0.15, 0.2) is 35.6 Å². The quantitative estimate of drug-likeness (QED) is 0.448. The zero-order valence-corrected chi connectivity index (χ0v) is 11.9. The number of carbonyl (C=O) groups is 1. The molecule has 1 aromatic heterocycles. The van der Waals surface area contributed by atoms with Crippen LogP contribution in [0.5, 0.6) is 0 Å². The number of aromatic nitrogens is 1. The Balaban J connectivity index is 1.84. The predicted molar refractivity (Wildman–Crippen MR) is 83.0 cm³/mol. The fraction of sp³-hybridized carbons (Fsp3) is 0.375. The number of aromatic amines is 1. The van der Waals surface area contributed by atoms with Crippen LogP contribution in [-0.4, -0.2) is 17.1 Å². The molecular formula is C16H21N3O.